The Morgan fingerprint density at radius 2 is 1.80 bits per heavy atom. The van der Waals surface area contributed by atoms with Crippen LogP contribution in [0.3, 0.4) is 0 Å². The molecule has 3 saturated heterocycles. The molecule has 3 aromatic rings. The maximum absolute atomic E-state index is 15.5. The number of nitrogens with one attached hydrogen (secondary N) is 3. The Labute approximate surface area is 291 Å². The summed E-state index contributed by atoms with van der Waals surface area (Å²) in [5, 5.41) is 15.8. The zero-order chi connectivity index (χ0) is 36.2. The number of fused-ring (bicyclic) bond motifs is 2. The maximum Gasteiger partial charge on any atom is 0.326 e. The van der Waals surface area contributed by atoms with E-state index in [-0.39, 0.29) is 66.3 Å². The third-order valence-corrected chi connectivity index (χ3v) is 11.3. The molecule has 3 aromatic carbocycles. The molecule has 7 rings (SSSR count). The number of urea groups is 1. The number of benzene rings is 3. The number of anilines is 2. The molecular weight excluding hydrogens is 687 g/mol. The first-order valence-electron chi connectivity index (χ1n) is 16.6. The summed E-state index contributed by atoms with van der Waals surface area (Å²) in [6, 6.07) is 10.5. The maximum atomic E-state index is 15.5. The minimum absolute atomic E-state index is 0.0298. The van der Waals surface area contributed by atoms with Crippen LogP contribution in [0.15, 0.2) is 42.5 Å². The number of amides is 6. The summed E-state index contributed by atoms with van der Waals surface area (Å²) < 4.78 is 48.0. The molecule has 0 aliphatic carbocycles. The van der Waals surface area contributed by atoms with Gasteiger partial charge in [0, 0.05) is 30.6 Å². The van der Waals surface area contributed by atoms with E-state index in [2.05, 4.69) is 10.6 Å². The fraction of sp³-hybridized carbons (Fsp3) is 0.382. The second kappa shape index (κ2) is 13.0. The standard InChI is InChI=1S/C34H35FN6O9S/c1-18-23-14-20(3-5-25(23)41(33(18)46)26-6-7-28(43)37-32(26)45)19-8-11-39(12-9-19)34(47)36-10-13-50-22-4-2-21-15-27(42)31(30(35)24(21)16-22)40-17-29(44)38-51(40,48)49/h2-5,14-16,18-19,26,42H,6-13,17H2,1H3,(H,36,47)(H,38,44)(H,37,43,45). The van der Waals surface area contributed by atoms with Crippen LogP contribution >= 0.6 is 0 Å². The molecule has 0 radical (unpaired) electrons. The molecule has 2 unspecified atom stereocenters. The Kier molecular flexibility index (Phi) is 8.69. The van der Waals surface area contributed by atoms with Crippen LogP contribution in [-0.2, 0) is 29.4 Å². The molecule has 4 aliphatic heterocycles. The number of carbonyl (C=O) groups is 5. The van der Waals surface area contributed by atoms with Crippen LogP contribution in [0.4, 0.5) is 20.6 Å². The first-order valence-corrected chi connectivity index (χ1v) is 18.0. The molecule has 4 heterocycles. The van der Waals surface area contributed by atoms with Crippen LogP contribution < -0.4 is 29.3 Å². The number of piperidine rings is 2. The van der Waals surface area contributed by atoms with Gasteiger partial charge in [-0.05, 0) is 72.9 Å². The van der Waals surface area contributed by atoms with Crippen molar-refractivity contribution in [3.05, 3.63) is 59.4 Å². The fourth-order valence-corrected chi connectivity index (χ4v) is 8.40. The SMILES string of the molecule is CC1C(=O)N(C2CCC(=O)NC2=O)c2ccc(C3CCN(C(=O)NCCOc4ccc5cc(O)c(N6CC(=O)NS6(=O)=O)c(F)c5c4)CC3)cc21. The lowest BCUT2D eigenvalue weighted by Gasteiger charge is -2.33. The molecule has 0 bridgehead atoms. The Hall–Kier alpha value is -5.45. The van der Waals surface area contributed by atoms with Crippen molar-refractivity contribution in [2.45, 2.75) is 50.5 Å². The van der Waals surface area contributed by atoms with E-state index >= 15 is 4.39 Å². The smallest absolute Gasteiger partial charge is 0.326 e. The lowest BCUT2D eigenvalue weighted by atomic mass is 9.87. The largest absolute Gasteiger partial charge is 0.506 e. The van der Waals surface area contributed by atoms with Crippen LogP contribution in [0.25, 0.3) is 10.8 Å². The Morgan fingerprint density at radius 3 is 2.51 bits per heavy atom. The first kappa shape index (κ1) is 34.0. The van der Waals surface area contributed by atoms with Gasteiger partial charge in [-0.15, -0.1) is 0 Å². The number of ether oxygens (including phenoxy) is 1. The molecule has 0 aromatic heterocycles. The van der Waals surface area contributed by atoms with Crippen molar-refractivity contribution >= 4 is 62.0 Å². The monoisotopic (exact) mass is 722 g/mol. The number of aromatic hydroxyl groups is 1. The Balaban J connectivity index is 0.922. The number of hydrogen-bond acceptors (Lipinski definition) is 9. The van der Waals surface area contributed by atoms with Gasteiger partial charge in [0.2, 0.25) is 17.7 Å². The van der Waals surface area contributed by atoms with Gasteiger partial charge in [-0.2, -0.15) is 8.42 Å². The normalized spacial score (nSPS) is 21.9. The molecule has 17 heteroatoms. The van der Waals surface area contributed by atoms with Crippen molar-refractivity contribution in [1.82, 2.24) is 20.3 Å². The highest BCUT2D eigenvalue weighted by atomic mass is 32.2. The topological polar surface area (TPSA) is 195 Å². The number of halogens is 1. The summed E-state index contributed by atoms with van der Waals surface area (Å²) in [7, 11) is -4.35. The van der Waals surface area contributed by atoms with Crippen LogP contribution in [-0.4, -0.2) is 86.9 Å². The van der Waals surface area contributed by atoms with Gasteiger partial charge < -0.3 is 20.1 Å². The minimum Gasteiger partial charge on any atom is -0.506 e. The van der Waals surface area contributed by atoms with Crippen molar-refractivity contribution in [3.63, 3.8) is 0 Å². The molecule has 0 spiro atoms. The van der Waals surface area contributed by atoms with Crippen molar-refractivity contribution < 1.29 is 46.6 Å². The molecule has 4 aliphatic rings. The third-order valence-electron chi connectivity index (χ3n) is 9.88. The number of nitrogens with zero attached hydrogens (tertiary/aromatic N) is 3. The quantitative estimate of drug-likeness (QED) is 0.209. The van der Waals surface area contributed by atoms with Crippen molar-refractivity contribution in [1.29, 1.82) is 0 Å². The van der Waals surface area contributed by atoms with E-state index in [0.29, 0.717) is 35.9 Å². The Bertz CT molecular complexity index is 2100. The van der Waals surface area contributed by atoms with Gasteiger partial charge in [0.1, 0.15) is 36.4 Å². The number of carbonyl (C=O) groups excluding carboxylic acids is 5. The van der Waals surface area contributed by atoms with E-state index in [4.69, 9.17) is 4.74 Å². The summed E-state index contributed by atoms with van der Waals surface area (Å²) in [4.78, 5) is 65.2. The van der Waals surface area contributed by atoms with Gasteiger partial charge >= 0.3 is 16.2 Å². The van der Waals surface area contributed by atoms with Gasteiger partial charge in [-0.1, -0.05) is 18.2 Å². The molecular formula is C34H35FN6O9S. The lowest BCUT2D eigenvalue weighted by molar-refractivity contribution is -0.135. The van der Waals surface area contributed by atoms with E-state index < -0.39 is 57.8 Å². The van der Waals surface area contributed by atoms with E-state index in [1.165, 1.54) is 23.1 Å². The molecule has 2 atom stereocenters. The van der Waals surface area contributed by atoms with Crippen LogP contribution in [0, 0.1) is 5.82 Å². The van der Waals surface area contributed by atoms with Gasteiger partial charge in [-0.25, -0.2) is 18.2 Å². The zero-order valence-electron chi connectivity index (χ0n) is 27.5. The second-order valence-corrected chi connectivity index (χ2v) is 14.6. The minimum atomic E-state index is -4.35. The molecule has 4 N–H and O–H groups in total. The number of rotatable bonds is 7. The lowest BCUT2D eigenvalue weighted by Crippen LogP contribution is -2.53. The Morgan fingerprint density at radius 1 is 1.04 bits per heavy atom. The molecule has 0 saturated carbocycles. The van der Waals surface area contributed by atoms with Gasteiger partial charge in [0.05, 0.1) is 12.5 Å². The van der Waals surface area contributed by atoms with Crippen LogP contribution in [0.2, 0.25) is 0 Å². The number of phenolic OH excluding ortho intramolecular Hbond substituents is 1. The summed E-state index contributed by atoms with van der Waals surface area (Å²) >= 11 is 0. The average molecular weight is 723 g/mol. The summed E-state index contributed by atoms with van der Waals surface area (Å²) in [5.74, 6) is -3.50. The molecule has 3 fully saturated rings. The molecule has 15 nitrogen and oxygen atoms in total. The summed E-state index contributed by atoms with van der Waals surface area (Å²) in [5.41, 5.74) is 1.96. The highest BCUT2D eigenvalue weighted by Crippen LogP contribution is 2.43. The second-order valence-electron chi connectivity index (χ2n) is 13.0. The number of phenols is 1. The first-order chi connectivity index (χ1) is 24.3. The predicted octanol–water partition coefficient (Wildman–Crippen LogP) is 2.09. The summed E-state index contributed by atoms with van der Waals surface area (Å²) in [6.07, 6.45) is 1.89. The fourth-order valence-electron chi connectivity index (χ4n) is 7.24. The van der Waals surface area contributed by atoms with Crippen LogP contribution in [0.5, 0.6) is 11.5 Å². The van der Waals surface area contributed by atoms with E-state index in [1.54, 1.807) is 15.7 Å². The van der Waals surface area contributed by atoms with Crippen molar-refractivity contribution in [2.24, 2.45) is 0 Å². The molecule has 51 heavy (non-hydrogen) atoms. The van der Waals surface area contributed by atoms with Crippen molar-refractivity contribution in [3.8, 4) is 11.5 Å². The third kappa shape index (κ3) is 6.26. The van der Waals surface area contributed by atoms with Gasteiger partial charge in [0.15, 0.2) is 5.82 Å². The number of imide groups is 1. The number of hydrogen-bond donors (Lipinski definition) is 4. The summed E-state index contributed by atoms with van der Waals surface area (Å²) in [6.45, 7) is 2.38. The average Bonchev–Trinajstić information content (AvgIpc) is 3.51. The van der Waals surface area contributed by atoms with Gasteiger partial charge in [0.25, 0.3) is 5.91 Å². The molecule has 6 amide bonds. The highest BCUT2D eigenvalue weighted by Gasteiger charge is 2.43. The zero-order valence-corrected chi connectivity index (χ0v) is 28.3. The van der Waals surface area contributed by atoms with E-state index in [1.807, 2.05) is 25.1 Å². The highest BCUT2D eigenvalue weighted by molar-refractivity contribution is 7.92. The predicted molar refractivity (Wildman–Crippen MR) is 181 cm³/mol. The van der Waals surface area contributed by atoms with Crippen molar-refractivity contribution in [2.75, 3.05) is 42.0 Å². The molecule has 268 valence electrons. The van der Waals surface area contributed by atoms with Crippen LogP contribution in [0.1, 0.15) is 55.6 Å². The van der Waals surface area contributed by atoms with Gasteiger partial charge in [-0.3, -0.25) is 29.4 Å². The van der Waals surface area contributed by atoms with E-state index in [9.17, 15) is 37.5 Å². The number of likely N-dealkylation sites (tertiary alicyclic amines) is 1. The van der Waals surface area contributed by atoms with E-state index in [0.717, 1.165) is 11.1 Å².